The van der Waals surface area contributed by atoms with Crippen LogP contribution in [0.5, 0.6) is 0 Å². The van der Waals surface area contributed by atoms with Gasteiger partial charge in [0.2, 0.25) is 0 Å². The Morgan fingerprint density at radius 2 is 1.88 bits per heavy atom. The Hall–Kier alpha value is -0.770. The van der Waals surface area contributed by atoms with Gasteiger partial charge in [-0.1, -0.05) is 0 Å². The number of aliphatic hydroxyl groups is 1. The Bertz CT molecular complexity index is 219. The molecule has 1 aliphatic rings. The van der Waals surface area contributed by atoms with Gasteiger partial charge in [-0.05, 0) is 39.5 Å². The molecule has 4 nitrogen and oxygen atoms in total. The highest BCUT2D eigenvalue weighted by atomic mass is 16.3. The molecule has 1 saturated heterocycles. The molecular formula is C12H24N2O2. The molecular weight excluding hydrogens is 204 g/mol. The number of urea groups is 1. The molecule has 1 atom stereocenters. The number of carbonyl (C=O) groups excluding carboxylic acids is 1. The molecule has 4 heteroatoms. The zero-order valence-corrected chi connectivity index (χ0v) is 10.6. The average molecular weight is 228 g/mol. The fraction of sp³-hybridized carbons (Fsp3) is 0.917. The van der Waals surface area contributed by atoms with E-state index >= 15 is 0 Å². The predicted molar refractivity (Wildman–Crippen MR) is 64.3 cm³/mol. The molecule has 0 bridgehead atoms. The summed E-state index contributed by atoms with van der Waals surface area (Å²) in [7, 11) is 0. The third-order valence-corrected chi connectivity index (χ3v) is 3.53. The Balaban J connectivity index is 2.44. The standard InChI is InChI=1S/C12H24N2O2/c1-4-13(5-2)12(16)14-8-6-11(7-9-14)10(3)15/h10-11,15H,4-9H2,1-3H3. The van der Waals surface area contributed by atoms with Crippen LogP contribution in [-0.2, 0) is 0 Å². The molecule has 0 aromatic heterocycles. The van der Waals surface area contributed by atoms with Gasteiger partial charge in [0.05, 0.1) is 6.10 Å². The summed E-state index contributed by atoms with van der Waals surface area (Å²) in [6, 6.07) is 0.147. The van der Waals surface area contributed by atoms with Crippen molar-refractivity contribution in [1.82, 2.24) is 9.80 Å². The van der Waals surface area contributed by atoms with Gasteiger partial charge in [0.15, 0.2) is 0 Å². The lowest BCUT2D eigenvalue weighted by atomic mass is 9.92. The van der Waals surface area contributed by atoms with E-state index in [0.717, 1.165) is 39.0 Å². The van der Waals surface area contributed by atoms with Crippen LogP contribution in [0.25, 0.3) is 0 Å². The quantitative estimate of drug-likeness (QED) is 0.796. The number of piperidine rings is 1. The average Bonchev–Trinajstić information content (AvgIpc) is 2.30. The number of nitrogens with zero attached hydrogens (tertiary/aromatic N) is 2. The second kappa shape index (κ2) is 6.09. The minimum atomic E-state index is -0.245. The van der Waals surface area contributed by atoms with Gasteiger partial charge >= 0.3 is 6.03 Å². The van der Waals surface area contributed by atoms with Crippen molar-refractivity contribution in [2.45, 2.75) is 39.7 Å². The Morgan fingerprint density at radius 3 is 2.25 bits per heavy atom. The van der Waals surface area contributed by atoms with Gasteiger partial charge in [-0.15, -0.1) is 0 Å². The van der Waals surface area contributed by atoms with E-state index in [4.69, 9.17) is 0 Å². The van der Waals surface area contributed by atoms with Crippen LogP contribution in [-0.4, -0.2) is 53.2 Å². The Morgan fingerprint density at radius 1 is 1.38 bits per heavy atom. The number of carbonyl (C=O) groups is 1. The molecule has 1 aliphatic heterocycles. The maximum atomic E-state index is 12.0. The van der Waals surface area contributed by atoms with Gasteiger partial charge < -0.3 is 14.9 Å². The van der Waals surface area contributed by atoms with Crippen LogP contribution in [0.4, 0.5) is 4.79 Å². The van der Waals surface area contributed by atoms with E-state index < -0.39 is 0 Å². The fourth-order valence-corrected chi connectivity index (χ4v) is 2.27. The molecule has 1 rings (SSSR count). The minimum Gasteiger partial charge on any atom is -0.393 e. The molecule has 16 heavy (non-hydrogen) atoms. The maximum Gasteiger partial charge on any atom is 0.319 e. The summed E-state index contributed by atoms with van der Waals surface area (Å²) < 4.78 is 0. The topological polar surface area (TPSA) is 43.8 Å². The van der Waals surface area contributed by atoms with Crippen LogP contribution in [0.1, 0.15) is 33.6 Å². The van der Waals surface area contributed by atoms with Gasteiger partial charge in [-0.25, -0.2) is 4.79 Å². The molecule has 94 valence electrons. The second-order valence-corrected chi connectivity index (χ2v) is 4.52. The number of amides is 2. The monoisotopic (exact) mass is 228 g/mol. The first-order valence-corrected chi connectivity index (χ1v) is 6.32. The summed E-state index contributed by atoms with van der Waals surface area (Å²) in [4.78, 5) is 15.8. The lowest BCUT2D eigenvalue weighted by Gasteiger charge is -2.36. The van der Waals surface area contributed by atoms with Crippen LogP contribution in [0.3, 0.4) is 0 Å². The van der Waals surface area contributed by atoms with Crippen LogP contribution in [0.2, 0.25) is 0 Å². The van der Waals surface area contributed by atoms with Crippen molar-refractivity contribution < 1.29 is 9.90 Å². The van der Waals surface area contributed by atoms with Crippen molar-refractivity contribution in [2.75, 3.05) is 26.2 Å². The number of aliphatic hydroxyl groups excluding tert-OH is 1. The van der Waals surface area contributed by atoms with Crippen molar-refractivity contribution >= 4 is 6.03 Å². The second-order valence-electron chi connectivity index (χ2n) is 4.52. The van der Waals surface area contributed by atoms with Crippen molar-refractivity contribution in [1.29, 1.82) is 0 Å². The zero-order chi connectivity index (χ0) is 12.1. The molecule has 1 N–H and O–H groups in total. The largest absolute Gasteiger partial charge is 0.393 e. The van der Waals surface area contributed by atoms with Gasteiger partial charge in [-0.2, -0.15) is 0 Å². The molecule has 0 saturated carbocycles. The molecule has 0 spiro atoms. The number of rotatable bonds is 3. The third-order valence-electron chi connectivity index (χ3n) is 3.53. The van der Waals surface area contributed by atoms with Crippen molar-refractivity contribution in [3.63, 3.8) is 0 Å². The van der Waals surface area contributed by atoms with E-state index in [9.17, 15) is 9.90 Å². The zero-order valence-electron chi connectivity index (χ0n) is 10.6. The lowest BCUT2D eigenvalue weighted by Crippen LogP contribution is -2.47. The van der Waals surface area contributed by atoms with Crippen LogP contribution in [0.15, 0.2) is 0 Å². The summed E-state index contributed by atoms with van der Waals surface area (Å²) in [5, 5.41) is 9.49. The summed E-state index contributed by atoms with van der Waals surface area (Å²) in [6.45, 7) is 8.95. The van der Waals surface area contributed by atoms with Crippen molar-refractivity contribution in [3.8, 4) is 0 Å². The van der Waals surface area contributed by atoms with E-state index in [1.165, 1.54) is 0 Å². The normalized spacial score (nSPS) is 19.6. The molecule has 0 aromatic rings. The van der Waals surface area contributed by atoms with Gasteiger partial charge in [-0.3, -0.25) is 0 Å². The maximum absolute atomic E-state index is 12.0. The van der Waals surface area contributed by atoms with E-state index in [2.05, 4.69) is 0 Å². The summed E-state index contributed by atoms with van der Waals surface area (Å²) in [6.07, 6.45) is 1.60. The van der Waals surface area contributed by atoms with E-state index in [0.29, 0.717) is 5.92 Å². The highest BCUT2D eigenvalue weighted by Gasteiger charge is 2.26. The summed E-state index contributed by atoms with van der Waals surface area (Å²) >= 11 is 0. The van der Waals surface area contributed by atoms with Gasteiger partial charge in [0, 0.05) is 26.2 Å². The van der Waals surface area contributed by atoms with E-state index in [1.807, 2.05) is 30.6 Å². The van der Waals surface area contributed by atoms with Crippen LogP contribution >= 0.6 is 0 Å². The fourth-order valence-electron chi connectivity index (χ4n) is 2.27. The highest BCUT2D eigenvalue weighted by molar-refractivity contribution is 5.74. The molecule has 2 amide bonds. The molecule has 1 unspecified atom stereocenters. The molecule has 0 aliphatic carbocycles. The molecule has 1 fully saturated rings. The number of hydrogen-bond donors (Lipinski definition) is 1. The third kappa shape index (κ3) is 3.11. The summed E-state index contributed by atoms with van der Waals surface area (Å²) in [5.74, 6) is 0.362. The minimum absolute atomic E-state index is 0.147. The SMILES string of the molecule is CCN(CC)C(=O)N1CCC(C(C)O)CC1. The van der Waals surface area contributed by atoms with Gasteiger partial charge in [0.1, 0.15) is 0 Å². The molecule has 0 radical (unpaired) electrons. The van der Waals surface area contributed by atoms with E-state index in [1.54, 1.807) is 0 Å². The number of hydrogen-bond acceptors (Lipinski definition) is 2. The Kier molecular flexibility index (Phi) is 5.06. The van der Waals surface area contributed by atoms with Crippen LogP contribution < -0.4 is 0 Å². The Labute approximate surface area is 98.2 Å². The first-order valence-electron chi connectivity index (χ1n) is 6.32. The number of likely N-dealkylation sites (tertiary alicyclic amines) is 1. The van der Waals surface area contributed by atoms with Gasteiger partial charge in [0.25, 0.3) is 0 Å². The van der Waals surface area contributed by atoms with Crippen molar-refractivity contribution in [3.05, 3.63) is 0 Å². The molecule has 1 heterocycles. The predicted octanol–water partition coefficient (Wildman–Crippen LogP) is 1.54. The first kappa shape index (κ1) is 13.3. The lowest BCUT2D eigenvalue weighted by molar-refractivity contribution is 0.0727. The molecule has 0 aromatic carbocycles. The van der Waals surface area contributed by atoms with Crippen molar-refractivity contribution in [2.24, 2.45) is 5.92 Å². The smallest absolute Gasteiger partial charge is 0.319 e. The van der Waals surface area contributed by atoms with E-state index in [-0.39, 0.29) is 12.1 Å². The first-order chi connectivity index (χ1) is 7.60. The summed E-state index contributed by atoms with van der Waals surface area (Å²) in [5.41, 5.74) is 0. The highest BCUT2D eigenvalue weighted by Crippen LogP contribution is 2.21. The van der Waals surface area contributed by atoms with Crippen LogP contribution in [0, 0.1) is 5.92 Å².